The van der Waals surface area contributed by atoms with Crippen LogP contribution in [0.15, 0.2) is 54.9 Å². The fourth-order valence-corrected chi connectivity index (χ4v) is 4.20. The molecule has 146 valence electrons. The zero-order chi connectivity index (χ0) is 19.3. The molecule has 4 rings (SSSR count). The highest BCUT2D eigenvalue weighted by Gasteiger charge is 2.22. The van der Waals surface area contributed by atoms with Gasteiger partial charge in [0, 0.05) is 37.6 Å². The quantitative estimate of drug-likeness (QED) is 0.661. The molecule has 3 heterocycles. The summed E-state index contributed by atoms with van der Waals surface area (Å²) >= 11 is 0. The van der Waals surface area contributed by atoms with E-state index in [4.69, 9.17) is 0 Å². The Hall–Kier alpha value is -2.66. The standard InChI is InChI=1S/C23H28N4O/c1-18-9-13-27-21(17-25-22(27)15-18)20(19-7-3-2-4-8-19)16-23(28)24-10-14-26-11-5-6-12-26/h2-4,7-9,13,15,17,20H,5-6,10-12,14,16H2,1H3,(H,24,28)/p+1/t20-/m0/s1. The van der Waals surface area contributed by atoms with E-state index < -0.39 is 0 Å². The van der Waals surface area contributed by atoms with Crippen LogP contribution in [0.25, 0.3) is 5.65 Å². The number of likely N-dealkylation sites (tertiary alicyclic amines) is 1. The summed E-state index contributed by atoms with van der Waals surface area (Å²) in [5.74, 6) is 0.0903. The Balaban J connectivity index is 1.51. The lowest BCUT2D eigenvalue weighted by atomic mass is 9.92. The molecule has 0 spiro atoms. The number of quaternary nitrogens is 1. The number of benzene rings is 1. The smallest absolute Gasteiger partial charge is 0.221 e. The SMILES string of the molecule is Cc1ccn2c([C@@H](CC(=O)NCC[NH+]3CCCC3)c3ccccc3)cnc2c1. The molecule has 0 aliphatic carbocycles. The van der Waals surface area contributed by atoms with Gasteiger partial charge in [-0.2, -0.15) is 0 Å². The zero-order valence-electron chi connectivity index (χ0n) is 16.5. The molecule has 0 unspecified atom stereocenters. The minimum absolute atomic E-state index is 0.0157. The number of aryl methyl sites for hydroxylation is 1. The lowest BCUT2D eigenvalue weighted by Gasteiger charge is -2.18. The Labute approximate surface area is 166 Å². The number of pyridine rings is 1. The van der Waals surface area contributed by atoms with E-state index in [1.165, 1.54) is 31.5 Å². The maximum absolute atomic E-state index is 12.7. The van der Waals surface area contributed by atoms with Crippen molar-refractivity contribution in [2.45, 2.75) is 32.1 Å². The minimum atomic E-state index is -0.0157. The van der Waals surface area contributed by atoms with Gasteiger partial charge >= 0.3 is 0 Å². The molecule has 2 N–H and O–H groups in total. The number of nitrogens with one attached hydrogen (secondary N) is 2. The molecule has 0 saturated carbocycles. The number of amides is 1. The second kappa shape index (κ2) is 8.57. The van der Waals surface area contributed by atoms with Crippen LogP contribution >= 0.6 is 0 Å². The molecule has 2 aromatic heterocycles. The van der Waals surface area contributed by atoms with Crippen molar-refractivity contribution in [3.8, 4) is 0 Å². The monoisotopic (exact) mass is 377 g/mol. The van der Waals surface area contributed by atoms with Crippen molar-refractivity contribution >= 4 is 11.6 Å². The predicted octanol–water partition coefficient (Wildman–Crippen LogP) is 1.96. The van der Waals surface area contributed by atoms with Crippen LogP contribution in [0.2, 0.25) is 0 Å². The number of hydrogen-bond donors (Lipinski definition) is 2. The summed E-state index contributed by atoms with van der Waals surface area (Å²) in [6.45, 7) is 6.32. The number of rotatable bonds is 7. The van der Waals surface area contributed by atoms with Crippen molar-refractivity contribution in [3.63, 3.8) is 0 Å². The lowest BCUT2D eigenvalue weighted by Crippen LogP contribution is -3.10. The van der Waals surface area contributed by atoms with E-state index in [-0.39, 0.29) is 11.8 Å². The largest absolute Gasteiger partial charge is 0.350 e. The Morgan fingerprint density at radius 2 is 2.00 bits per heavy atom. The molecule has 1 amide bonds. The van der Waals surface area contributed by atoms with E-state index in [2.05, 4.69) is 52.1 Å². The van der Waals surface area contributed by atoms with Gasteiger partial charge in [0.2, 0.25) is 5.91 Å². The molecule has 3 aromatic rings. The summed E-state index contributed by atoms with van der Waals surface area (Å²) in [4.78, 5) is 18.9. The Morgan fingerprint density at radius 3 is 2.79 bits per heavy atom. The van der Waals surface area contributed by atoms with Crippen molar-refractivity contribution < 1.29 is 9.69 Å². The second-order valence-electron chi connectivity index (χ2n) is 7.84. The third-order valence-electron chi connectivity index (χ3n) is 5.76. The van der Waals surface area contributed by atoms with Gasteiger partial charge in [0.25, 0.3) is 0 Å². The Morgan fingerprint density at radius 1 is 1.21 bits per heavy atom. The first-order valence-corrected chi connectivity index (χ1v) is 10.3. The van der Waals surface area contributed by atoms with Crippen molar-refractivity contribution in [1.29, 1.82) is 0 Å². The summed E-state index contributed by atoms with van der Waals surface area (Å²) in [6, 6.07) is 14.4. The van der Waals surface area contributed by atoms with Gasteiger partial charge in [-0.05, 0) is 30.2 Å². The van der Waals surface area contributed by atoms with Crippen molar-refractivity contribution in [2.75, 3.05) is 26.2 Å². The summed E-state index contributed by atoms with van der Waals surface area (Å²) in [5.41, 5.74) is 4.31. The number of aromatic nitrogens is 2. The van der Waals surface area contributed by atoms with Crippen molar-refractivity contribution in [2.24, 2.45) is 0 Å². The topological polar surface area (TPSA) is 50.8 Å². The van der Waals surface area contributed by atoms with Gasteiger partial charge in [-0.1, -0.05) is 30.3 Å². The Kier molecular flexibility index (Phi) is 5.72. The molecule has 1 saturated heterocycles. The van der Waals surface area contributed by atoms with E-state index in [0.29, 0.717) is 6.42 Å². The molecule has 1 aliphatic heterocycles. The number of fused-ring (bicyclic) bond motifs is 1. The lowest BCUT2D eigenvalue weighted by molar-refractivity contribution is -0.886. The predicted molar refractivity (Wildman–Crippen MR) is 111 cm³/mol. The van der Waals surface area contributed by atoms with Crippen LogP contribution in [-0.4, -0.2) is 41.5 Å². The number of hydrogen-bond acceptors (Lipinski definition) is 2. The highest BCUT2D eigenvalue weighted by Crippen LogP contribution is 2.28. The highest BCUT2D eigenvalue weighted by atomic mass is 16.1. The summed E-state index contributed by atoms with van der Waals surface area (Å²) in [7, 11) is 0. The van der Waals surface area contributed by atoms with E-state index >= 15 is 0 Å². The third kappa shape index (κ3) is 4.25. The van der Waals surface area contributed by atoms with Gasteiger partial charge in [0.1, 0.15) is 5.65 Å². The number of carbonyl (C=O) groups excluding carboxylic acids is 1. The van der Waals surface area contributed by atoms with Crippen LogP contribution in [0.5, 0.6) is 0 Å². The fraction of sp³-hybridized carbons (Fsp3) is 0.391. The summed E-state index contributed by atoms with van der Waals surface area (Å²) in [5, 5.41) is 3.14. The van der Waals surface area contributed by atoms with E-state index in [9.17, 15) is 4.79 Å². The molecular weight excluding hydrogens is 348 g/mol. The normalized spacial score (nSPS) is 15.8. The summed E-state index contributed by atoms with van der Waals surface area (Å²) < 4.78 is 2.10. The first kappa shape index (κ1) is 18.7. The molecule has 1 fully saturated rings. The van der Waals surface area contributed by atoms with Crippen LogP contribution in [-0.2, 0) is 4.79 Å². The molecule has 0 bridgehead atoms. The van der Waals surface area contributed by atoms with Gasteiger partial charge in [0.05, 0.1) is 31.9 Å². The molecule has 5 heteroatoms. The number of nitrogens with zero attached hydrogens (tertiary/aromatic N) is 2. The first-order valence-electron chi connectivity index (χ1n) is 10.3. The zero-order valence-corrected chi connectivity index (χ0v) is 16.5. The minimum Gasteiger partial charge on any atom is -0.350 e. The Bertz CT molecular complexity index is 928. The molecule has 1 atom stereocenters. The van der Waals surface area contributed by atoms with Crippen LogP contribution in [0.1, 0.15) is 42.0 Å². The first-order chi connectivity index (χ1) is 13.7. The second-order valence-corrected chi connectivity index (χ2v) is 7.84. The molecule has 5 nitrogen and oxygen atoms in total. The van der Waals surface area contributed by atoms with Crippen LogP contribution < -0.4 is 10.2 Å². The average Bonchev–Trinajstić information content (AvgIpc) is 3.36. The van der Waals surface area contributed by atoms with E-state index in [1.807, 2.05) is 24.4 Å². The van der Waals surface area contributed by atoms with Crippen molar-refractivity contribution in [1.82, 2.24) is 14.7 Å². The van der Waals surface area contributed by atoms with E-state index in [1.54, 1.807) is 4.90 Å². The fourth-order valence-electron chi connectivity index (χ4n) is 4.20. The molecule has 0 radical (unpaired) electrons. The highest BCUT2D eigenvalue weighted by molar-refractivity contribution is 5.77. The summed E-state index contributed by atoms with van der Waals surface area (Å²) in [6.07, 6.45) is 7.02. The van der Waals surface area contributed by atoms with Gasteiger partial charge in [-0.15, -0.1) is 0 Å². The molecular formula is C23H29N4O+. The number of imidazole rings is 1. The van der Waals surface area contributed by atoms with Crippen LogP contribution in [0.4, 0.5) is 0 Å². The third-order valence-corrected chi connectivity index (χ3v) is 5.76. The molecule has 1 aromatic carbocycles. The van der Waals surface area contributed by atoms with Crippen LogP contribution in [0, 0.1) is 6.92 Å². The van der Waals surface area contributed by atoms with Crippen molar-refractivity contribution in [3.05, 3.63) is 71.7 Å². The van der Waals surface area contributed by atoms with Gasteiger partial charge in [0.15, 0.2) is 0 Å². The maximum Gasteiger partial charge on any atom is 0.221 e. The van der Waals surface area contributed by atoms with Gasteiger partial charge in [-0.3, -0.25) is 4.79 Å². The number of carbonyl (C=O) groups is 1. The molecule has 28 heavy (non-hydrogen) atoms. The van der Waals surface area contributed by atoms with Crippen LogP contribution in [0.3, 0.4) is 0 Å². The average molecular weight is 378 g/mol. The van der Waals surface area contributed by atoms with Gasteiger partial charge in [-0.25, -0.2) is 4.98 Å². The van der Waals surface area contributed by atoms with E-state index in [0.717, 1.165) is 30.0 Å². The maximum atomic E-state index is 12.7. The molecule has 1 aliphatic rings. The van der Waals surface area contributed by atoms with Gasteiger partial charge < -0.3 is 14.6 Å².